The Morgan fingerprint density at radius 3 is 2.95 bits per heavy atom. The predicted molar refractivity (Wildman–Crippen MR) is 85.1 cm³/mol. The average molecular weight is 366 g/mol. The number of halogens is 1. The zero-order chi connectivity index (χ0) is 15.7. The number of rotatable bonds is 2. The van der Waals surface area contributed by atoms with Crippen LogP contribution in [0.3, 0.4) is 0 Å². The molecule has 2 aromatic rings. The number of aromatic nitrogens is 2. The number of amides is 1. The molecule has 1 amide bonds. The molecule has 7 heteroatoms. The van der Waals surface area contributed by atoms with Gasteiger partial charge in [0.05, 0.1) is 0 Å². The highest BCUT2D eigenvalue weighted by Crippen LogP contribution is 2.24. The Balaban J connectivity index is 1.90. The standard InChI is InChI=1S/C15H16BrN3O3/c1-19-8-9(16)7-11(15(19)21)17-14(20)13-10-5-3-2-4-6-12(10)22-18-13/h7-8H,2-6H2,1H3,(H,17,20). The second-order valence-electron chi connectivity index (χ2n) is 5.44. The van der Waals surface area contributed by atoms with Gasteiger partial charge in [0.25, 0.3) is 11.5 Å². The van der Waals surface area contributed by atoms with E-state index in [1.54, 1.807) is 19.3 Å². The van der Waals surface area contributed by atoms with E-state index >= 15 is 0 Å². The van der Waals surface area contributed by atoms with Gasteiger partial charge in [-0.3, -0.25) is 9.59 Å². The van der Waals surface area contributed by atoms with Crippen molar-refractivity contribution in [2.24, 2.45) is 7.05 Å². The molecular weight excluding hydrogens is 350 g/mol. The van der Waals surface area contributed by atoms with Gasteiger partial charge in [0.2, 0.25) is 0 Å². The van der Waals surface area contributed by atoms with Crippen molar-refractivity contribution in [2.45, 2.75) is 32.1 Å². The van der Waals surface area contributed by atoms with Gasteiger partial charge < -0.3 is 14.4 Å². The molecule has 1 N–H and O–H groups in total. The summed E-state index contributed by atoms with van der Waals surface area (Å²) >= 11 is 3.31. The Morgan fingerprint density at radius 2 is 2.14 bits per heavy atom. The molecule has 0 aliphatic heterocycles. The van der Waals surface area contributed by atoms with E-state index in [1.807, 2.05) is 0 Å². The summed E-state index contributed by atoms with van der Waals surface area (Å²) in [5.74, 6) is 0.395. The maximum Gasteiger partial charge on any atom is 0.278 e. The Kier molecular flexibility index (Phi) is 4.15. The molecule has 1 aliphatic carbocycles. The zero-order valence-electron chi connectivity index (χ0n) is 12.2. The van der Waals surface area contributed by atoms with Gasteiger partial charge in [-0.25, -0.2) is 0 Å². The Labute approximate surface area is 135 Å². The largest absolute Gasteiger partial charge is 0.360 e. The van der Waals surface area contributed by atoms with Crippen molar-refractivity contribution in [3.8, 4) is 0 Å². The summed E-state index contributed by atoms with van der Waals surface area (Å²) in [6.45, 7) is 0. The first-order valence-corrected chi connectivity index (χ1v) is 8.00. The van der Waals surface area contributed by atoms with Gasteiger partial charge in [0.1, 0.15) is 11.4 Å². The topological polar surface area (TPSA) is 77.1 Å². The van der Waals surface area contributed by atoms with Crippen LogP contribution in [0.25, 0.3) is 0 Å². The quantitative estimate of drug-likeness (QED) is 0.829. The number of hydrogen-bond donors (Lipinski definition) is 1. The lowest BCUT2D eigenvalue weighted by Gasteiger charge is -2.06. The Hall–Kier alpha value is -1.89. The smallest absolute Gasteiger partial charge is 0.278 e. The van der Waals surface area contributed by atoms with Crippen LogP contribution in [0.15, 0.2) is 26.1 Å². The summed E-state index contributed by atoms with van der Waals surface area (Å²) in [6, 6.07) is 1.58. The van der Waals surface area contributed by atoms with E-state index in [1.165, 1.54) is 4.57 Å². The third kappa shape index (κ3) is 2.85. The van der Waals surface area contributed by atoms with E-state index in [2.05, 4.69) is 26.4 Å². The fourth-order valence-electron chi connectivity index (χ4n) is 2.68. The molecule has 6 nitrogen and oxygen atoms in total. The Bertz CT molecular complexity index is 779. The molecule has 116 valence electrons. The van der Waals surface area contributed by atoms with Crippen molar-refractivity contribution in [1.82, 2.24) is 9.72 Å². The van der Waals surface area contributed by atoms with E-state index in [9.17, 15) is 9.59 Å². The summed E-state index contributed by atoms with van der Waals surface area (Å²) in [5, 5.41) is 6.54. The van der Waals surface area contributed by atoms with Crippen molar-refractivity contribution in [1.29, 1.82) is 0 Å². The van der Waals surface area contributed by atoms with Crippen LogP contribution in [-0.2, 0) is 19.9 Å². The van der Waals surface area contributed by atoms with Gasteiger partial charge in [0, 0.05) is 29.7 Å². The fraction of sp³-hybridized carbons (Fsp3) is 0.400. The molecular formula is C15H16BrN3O3. The summed E-state index contributed by atoms with van der Waals surface area (Å²) in [4.78, 5) is 24.5. The van der Waals surface area contributed by atoms with Gasteiger partial charge in [-0.05, 0) is 41.3 Å². The van der Waals surface area contributed by atoms with Crippen LogP contribution in [0.1, 0.15) is 41.1 Å². The normalized spacial score (nSPS) is 14.3. The first-order chi connectivity index (χ1) is 10.6. The average Bonchev–Trinajstić information content (AvgIpc) is 2.73. The van der Waals surface area contributed by atoms with Gasteiger partial charge in [0.15, 0.2) is 5.69 Å². The molecule has 0 saturated carbocycles. The number of aryl methyl sites for hydroxylation is 2. The maximum absolute atomic E-state index is 12.4. The molecule has 3 rings (SSSR count). The number of carbonyl (C=O) groups excluding carboxylic acids is 1. The molecule has 2 heterocycles. The monoisotopic (exact) mass is 365 g/mol. The number of fused-ring (bicyclic) bond motifs is 1. The summed E-state index contributed by atoms with van der Waals surface area (Å²) < 4.78 is 7.42. The van der Waals surface area contributed by atoms with Crippen LogP contribution < -0.4 is 10.9 Å². The fourth-order valence-corrected chi connectivity index (χ4v) is 3.22. The molecule has 22 heavy (non-hydrogen) atoms. The third-order valence-electron chi connectivity index (χ3n) is 3.81. The number of nitrogens with zero attached hydrogens (tertiary/aromatic N) is 2. The first-order valence-electron chi connectivity index (χ1n) is 7.21. The van der Waals surface area contributed by atoms with Gasteiger partial charge in [-0.2, -0.15) is 0 Å². The van der Waals surface area contributed by atoms with Crippen molar-refractivity contribution >= 4 is 27.5 Å². The van der Waals surface area contributed by atoms with E-state index < -0.39 is 5.91 Å². The Morgan fingerprint density at radius 1 is 1.36 bits per heavy atom. The van der Waals surface area contributed by atoms with Crippen LogP contribution in [0.4, 0.5) is 5.69 Å². The van der Waals surface area contributed by atoms with Gasteiger partial charge >= 0.3 is 0 Å². The number of hydrogen-bond acceptors (Lipinski definition) is 4. The number of nitrogens with one attached hydrogen (secondary N) is 1. The second-order valence-corrected chi connectivity index (χ2v) is 6.35. The van der Waals surface area contributed by atoms with Crippen LogP contribution in [-0.4, -0.2) is 15.6 Å². The van der Waals surface area contributed by atoms with Crippen molar-refractivity contribution in [3.63, 3.8) is 0 Å². The lowest BCUT2D eigenvalue weighted by molar-refractivity contribution is 0.101. The minimum atomic E-state index is -0.401. The number of anilines is 1. The highest BCUT2D eigenvalue weighted by atomic mass is 79.9. The molecule has 0 aromatic carbocycles. The van der Waals surface area contributed by atoms with Gasteiger partial charge in [-0.1, -0.05) is 11.6 Å². The molecule has 0 fully saturated rings. The molecule has 0 bridgehead atoms. The first kappa shape index (κ1) is 15.0. The summed E-state index contributed by atoms with van der Waals surface area (Å²) in [7, 11) is 1.63. The zero-order valence-corrected chi connectivity index (χ0v) is 13.8. The molecule has 2 aromatic heterocycles. The molecule has 0 unspecified atom stereocenters. The highest BCUT2D eigenvalue weighted by Gasteiger charge is 2.23. The lowest BCUT2D eigenvalue weighted by atomic mass is 10.1. The van der Waals surface area contributed by atoms with E-state index in [-0.39, 0.29) is 11.2 Å². The number of pyridine rings is 1. The second kappa shape index (κ2) is 6.08. The molecule has 0 atom stereocenters. The van der Waals surface area contributed by atoms with Crippen LogP contribution in [0.5, 0.6) is 0 Å². The molecule has 0 saturated heterocycles. The number of carbonyl (C=O) groups is 1. The third-order valence-corrected chi connectivity index (χ3v) is 4.25. The van der Waals surface area contributed by atoms with Crippen LogP contribution in [0, 0.1) is 0 Å². The summed E-state index contributed by atoms with van der Waals surface area (Å²) in [5.41, 5.74) is 1.11. The molecule has 0 spiro atoms. The van der Waals surface area contributed by atoms with Crippen molar-refractivity contribution in [2.75, 3.05) is 5.32 Å². The summed E-state index contributed by atoms with van der Waals surface area (Å²) in [6.07, 6.45) is 6.44. The van der Waals surface area contributed by atoms with E-state index in [0.717, 1.165) is 43.4 Å². The van der Waals surface area contributed by atoms with Crippen molar-refractivity contribution in [3.05, 3.63) is 44.1 Å². The SMILES string of the molecule is Cn1cc(Br)cc(NC(=O)c2noc3c2CCCCC3)c1=O. The van der Waals surface area contributed by atoms with Gasteiger partial charge in [-0.15, -0.1) is 0 Å². The van der Waals surface area contributed by atoms with Crippen LogP contribution >= 0.6 is 15.9 Å². The minimum Gasteiger partial charge on any atom is -0.360 e. The predicted octanol–water partition coefficient (Wildman–Crippen LogP) is 2.66. The minimum absolute atomic E-state index is 0.215. The lowest BCUT2D eigenvalue weighted by Crippen LogP contribution is -2.24. The van der Waals surface area contributed by atoms with Crippen LogP contribution in [0.2, 0.25) is 0 Å². The molecule has 0 radical (unpaired) electrons. The van der Waals surface area contributed by atoms with Crippen molar-refractivity contribution < 1.29 is 9.32 Å². The van der Waals surface area contributed by atoms with E-state index in [0.29, 0.717) is 10.2 Å². The maximum atomic E-state index is 12.4. The van der Waals surface area contributed by atoms with E-state index in [4.69, 9.17) is 4.52 Å². The molecule has 1 aliphatic rings. The highest BCUT2D eigenvalue weighted by molar-refractivity contribution is 9.10.